The molecule has 1 heterocycles. The Morgan fingerprint density at radius 2 is 0.977 bits per heavy atom. The van der Waals surface area contributed by atoms with E-state index >= 15 is 0 Å². The molecule has 0 unspecified atom stereocenters. The smallest absolute Gasteiger partial charge is 0.0433 e. The summed E-state index contributed by atoms with van der Waals surface area (Å²) in [6.07, 6.45) is 0. The Morgan fingerprint density at radius 3 is 1.68 bits per heavy atom. The molecule has 44 heavy (non-hydrogen) atoms. The highest BCUT2D eigenvalue weighted by atomic mass is 32.1. The summed E-state index contributed by atoms with van der Waals surface area (Å²) in [7, 11) is 0. The summed E-state index contributed by atoms with van der Waals surface area (Å²) < 4.78 is 1.31. The predicted molar refractivity (Wildman–Crippen MR) is 193 cm³/mol. The first-order valence-electron chi connectivity index (χ1n) is 15.2. The topological polar surface area (TPSA) is 0 Å². The Labute approximate surface area is 262 Å². The molecular weight excluding hydrogens is 549 g/mol. The minimum absolute atomic E-state index is 1.25. The van der Waals surface area contributed by atoms with Crippen molar-refractivity contribution in [3.05, 3.63) is 156 Å². The number of fused-ring (bicyclic) bond motifs is 3. The molecule has 210 valence electrons. The molecule has 7 aromatic carbocycles. The highest BCUT2D eigenvalue weighted by molar-refractivity contribution is 7.23. The van der Waals surface area contributed by atoms with Crippen molar-refractivity contribution < 1.29 is 0 Å². The summed E-state index contributed by atoms with van der Waals surface area (Å²) in [6, 6.07) is 52.0. The number of hydrogen-bond acceptors (Lipinski definition) is 1. The van der Waals surface area contributed by atoms with Crippen molar-refractivity contribution in [2.24, 2.45) is 0 Å². The average molecular weight is 581 g/mol. The van der Waals surface area contributed by atoms with E-state index in [1.807, 2.05) is 11.3 Å². The van der Waals surface area contributed by atoms with Gasteiger partial charge in [-0.25, -0.2) is 0 Å². The molecule has 0 aliphatic rings. The molecule has 1 aromatic heterocycles. The van der Waals surface area contributed by atoms with Gasteiger partial charge in [0.15, 0.2) is 0 Å². The Balaban J connectivity index is 1.24. The van der Waals surface area contributed by atoms with Crippen molar-refractivity contribution in [2.45, 2.75) is 20.8 Å². The van der Waals surface area contributed by atoms with Gasteiger partial charge >= 0.3 is 0 Å². The van der Waals surface area contributed by atoms with Crippen molar-refractivity contribution >= 4 is 43.0 Å². The maximum atomic E-state index is 2.38. The second kappa shape index (κ2) is 10.6. The third kappa shape index (κ3) is 4.71. The van der Waals surface area contributed by atoms with E-state index in [2.05, 4.69) is 160 Å². The third-order valence-corrected chi connectivity index (χ3v) is 10.1. The van der Waals surface area contributed by atoms with Crippen LogP contribution in [0.3, 0.4) is 0 Å². The Kier molecular flexibility index (Phi) is 6.43. The summed E-state index contributed by atoms with van der Waals surface area (Å²) >= 11 is 1.90. The van der Waals surface area contributed by atoms with Crippen LogP contribution in [0.15, 0.2) is 140 Å². The summed E-state index contributed by atoms with van der Waals surface area (Å²) in [4.78, 5) is 1.33. The first-order chi connectivity index (χ1) is 21.5. The van der Waals surface area contributed by atoms with Crippen LogP contribution in [0.2, 0.25) is 0 Å². The number of hydrogen-bond donors (Lipinski definition) is 0. The zero-order valence-corrected chi connectivity index (χ0v) is 26.0. The molecule has 0 nitrogen and oxygen atoms in total. The molecule has 0 aliphatic heterocycles. The van der Waals surface area contributed by atoms with Gasteiger partial charge in [-0.15, -0.1) is 11.3 Å². The Bertz CT molecular complexity index is 2320. The molecule has 0 saturated heterocycles. The minimum Gasteiger partial charge on any atom is -0.135 e. The first-order valence-corrected chi connectivity index (χ1v) is 16.1. The normalized spacial score (nSPS) is 11.5. The first kappa shape index (κ1) is 26.6. The van der Waals surface area contributed by atoms with Gasteiger partial charge < -0.3 is 0 Å². The minimum atomic E-state index is 1.25. The highest BCUT2D eigenvalue weighted by Crippen LogP contribution is 2.46. The zero-order chi connectivity index (χ0) is 29.8. The van der Waals surface area contributed by atoms with Crippen LogP contribution in [0.1, 0.15) is 16.7 Å². The van der Waals surface area contributed by atoms with Gasteiger partial charge in [0.25, 0.3) is 0 Å². The van der Waals surface area contributed by atoms with Crippen molar-refractivity contribution in [2.75, 3.05) is 0 Å². The van der Waals surface area contributed by atoms with Crippen molar-refractivity contribution in [1.29, 1.82) is 0 Å². The van der Waals surface area contributed by atoms with Crippen LogP contribution in [0.25, 0.3) is 75.5 Å². The molecule has 0 spiro atoms. The largest absolute Gasteiger partial charge is 0.135 e. The van der Waals surface area contributed by atoms with Gasteiger partial charge in [0.1, 0.15) is 0 Å². The van der Waals surface area contributed by atoms with E-state index in [4.69, 9.17) is 0 Å². The number of aryl methyl sites for hydroxylation is 3. The van der Waals surface area contributed by atoms with Crippen LogP contribution in [0, 0.1) is 20.8 Å². The fourth-order valence-corrected chi connectivity index (χ4v) is 7.65. The van der Waals surface area contributed by atoms with E-state index < -0.39 is 0 Å². The molecule has 0 radical (unpaired) electrons. The Hall–Kier alpha value is -4.98. The molecule has 1 heteroatoms. The zero-order valence-electron chi connectivity index (χ0n) is 25.2. The lowest BCUT2D eigenvalue weighted by Crippen LogP contribution is -1.85. The van der Waals surface area contributed by atoms with Crippen molar-refractivity contribution in [3.8, 4) is 43.8 Å². The van der Waals surface area contributed by atoms with Crippen LogP contribution in [0.4, 0.5) is 0 Å². The highest BCUT2D eigenvalue weighted by Gasteiger charge is 2.17. The molecule has 0 aliphatic carbocycles. The van der Waals surface area contributed by atoms with Gasteiger partial charge in [-0.05, 0) is 100.0 Å². The summed E-state index contributed by atoms with van der Waals surface area (Å²) in [5.74, 6) is 0. The van der Waals surface area contributed by atoms with Crippen molar-refractivity contribution in [1.82, 2.24) is 0 Å². The molecule has 0 fully saturated rings. The van der Waals surface area contributed by atoms with E-state index in [0.29, 0.717) is 0 Å². The van der Waals surface area contributed by atoms with E-state index in [1.165, 1.54) is 92.1 Å². The van der Waals surface area contributed by atoms with E-state index in [1.54, 1.807) is 0 Å². The molecule has 0 amide bonds. The van der Waals surface area contributed by atoms with Crippen LogP contribution < -0.4 is 0 Å². The van der Waals surface area contributed by atoms with E-state index in [9.17, 15) is 0 Å². The SMILES string of the molecule is Cc1ccc(-c2sc3cc(-c4ccc5cc6c(-c7ccc(C)cc7)cccc6cc5c4)ccc3c2-c2ccc(C)cc2)cc1. The lowest BCUT2D eigenvalue weighted by Gasteiger charge is -2.11. The predicted octanol–water partition coefficient (Wildman–Crippen LogP) is 12.8. The van der Waals surface area contributed by atoms with Gasteiger partial charge in [0.05, 0.1) is 0 Å². The third-order valence-electron chi connectivity index (χ3n) is 8.88. The summed E-state index contributed by atoms with van der Waals surface area (Å²) in [6.45, 7) is 6.44. The molecular formula is C43H32S. The molecule has 0 N–H and O–H groups in total. The standard InChI is InChI=1S/C43H32S/c1-27-7-13-30(14-8-27)38-6-4-5-36-24-37-23-33(19-20-34(37)25-40(36)38)35-21-22-39-41(26-35)44-43(32-17-11-29(3)12-18-32)42(39)31-15-9-28(2)10-16-31/h4-26H,1-3H3. The molecule has 0 atom stereocenters. The van der Waals surface area contributed by atoms with Crippen molar-refractivity contribution in [3.63, 3.8) is 0 Å². The maximum Gasteiger partial charge on any atom is 0.0433 e. The second-order valence-corrected chi connectivity index (χ2v) is 13.1. The van der Waals surface area contributed by atoms with E-state index in [0.717, 1.165) is 0 Å². The summed E-state index contributed by atoms with van der Waals surface area (Å²) in [5.41, 5.74) is 12.8. The van der Waals surface area contributed by atoms with Crippen LogP contribution in [-0.4, -0.2) is 0 Å². The maximum absolute atomic E-state index is 2.38. The van der Waals surface area contributed by atoms with Gasteiger partial charge in [-0.2, -0.15) is 0 Å². The van der Waals surface area contributed by atoms with Gasteiger partial charge in [0.2, 0.25) is 0 Å². The van der Waals surface area contributed by atoms with E-state index in [-0.39, 0.29) is 0 Å². The van der Waals surface area contributed by atoms with Crippen LogP contribution >= 0.6 is 11.3 Å². The number of thiophene rings is 1. The number of benzene rings is 7. The summed E-state index contributed by atoms with van der Waals surface area (Å²) in [5, 5.41) is 6.41. The monoisotopic (exact) mass is 580 g/mol. The fraction of sp³-hybridized carbons (Fsp3) is 0.0698. The fourth-order valence-electron chi connectivity index (χ4n) is 6.38. The number of rotatable bonds is 4. The molecule has 0 bridgehead atoms. The Morgan fingerprint density at radius 1 is 0.386 bits per heavy atom. The molecule has 8 aromatic rings. The van der Waals surface area contributed by atoms with Gasteiger partial charge in [-0.3, -0.25) is 0 Å². The second-order valence-electron chi connectivity index (χ2n) is 12.1. The van der Waals surface area contributed by atoms with Crippen LogP contribution in [0.5, 0.6) is 0 Å². The van der Waals surface area contributed by atoms with Gasteiger partial charge in [-0.1, -0.05) is 132 Å². The molecule has 0 saturated carbocycles. The van der Waals surface area contributed by atoms with Crippen LogP contribution in [-0.2, 0) is 0 Å². The van der Waals surface area contributed by atoms with Gasteiger partial charge in [0, 0.05) is 20.5 Å². The lowest BCUT2D eigenvalue weighted by molar-refractivity contribution is 1.47. The average Bonchev–Trinajstić information content (AvgIpc) is 3.43. The molecule has 8 rings (SSSR count). The lowest BCUT2D eigenvalue weighted by atomic mass is 9.93. The quantitative estimate of drug-likeness (QED) is 0.182.